The molecule has 1 saturated heterocycles. The molecule has 1 fully saturated rings. The van der Waals surface area contributed by atoms with E-state index in [0.29, 0.717) is 0 Å². The molecule has 0 saturated carbocycles. The molecule has 1 aliphatic rings. The zero-order chi connectivity index (χ0) is 19.8. The number of benzene rings is 2. The molecule has 28 heavy (non-hydrogen) atoms. The highest BCUT2D eigenvalue weighted by molar-refractivity contribution is 7.80. The van der Waals surface area contributed by atoms with E-state index in [1.54, 1.807) is 7.11 Å². The molecule has 0 amide bonds. The lowest BCUT2D eigenvalue weighted by Gasteiger charge is -2.31. The van der Waals surface area contributed by atoms with Crippen LogP contribution in [-0.4, -0.2) is 61.4 Å². The molecule has 6 heteroatoms. The third-order valence-corrected chi connectivity index (χ3v) is 5.36. The minimum atomic E-state index is 0.748. The number of hydrogen-bond acceptors (Lipinski definition) is 4. The second kappa shape index (κ2) is 10.4. The molecule has 0 aliphatic carbocycles. The predicted molar refractivity (Wildman–Crippen MR) is 118 cm³/mol. The van der Waals surface area contributed by atoms with Crippen LogP contribution in [0, 0.1) is 6.92 Å². The molecule has 2 aromatic rings. The summed E-state index contributed by atoms with van der Waals surface area (Å²) in [7, 11) is 1.69. The third-order valence-electron chi connectivity index (χ3n) is 5.00. The normalized spacial score (nSPS) is 14.5. The molecule has 1 aliphatic heterocycles. The van der Waals surface area contributed by atoms with Gasteiger partial charge in [-0.3, -0.25) is 4.90 Å². The van der Waals surface area contributed by atoms with E-state index in [4.69, 9.17) is 21.7 Å². The Morgan fingerprint density at radius 2 is 1.86 bits per heavy atom. The van der Waals surface area contributed by atoms with Crippen LogP contribution in [0.5, 0.6) is 5.75 Å². The maximum absolute atomic E-state index is 5.78. The summed E-state index contributed by atoms with van der Waals surface area (Å²) in [5.41, 5.74) is 3.44. The van der Waals surface area contributed by atoms with Crippen molar-refractivity contribution in [2.45, 2.75) is 13.5 Å². The number of morpholine rings is 1. The van der Waals surface area contributed by atoms with Crippen LogP contribution in [0.15, 0.2) is 48.5 Å². The van der Waals surface area contributed by atoms with Gasteiger partial charge in [-0.1, -0.05) is 30.3 Å². The third kappa shape index (κ3) is 5.92. The molecule has 0 bridgehead atoms. The number of ether oxygens (including phenoxy) is 2. The lowest BCUT2D eigenvalue weighted by molar-refractivity contribution is 0.0358. The minimum absolute atomic E-state index is 0.748. The molecule has 0 spiro atoms. The van der Waals surface area contributed by atoms with Crippen molar-refractivity contribution in [3.05, 3.63) is 59.7 Å². The van der Waals surface area contributed by atoms with E-state index in [-0.39, 0.29) is 0 Å². The van der Waals surface area contributed by atoms with Crippen molar-refractivity contribution in [1.82, 2.24) is 9.80 Å². The van der Waals surface area contributed by atoms with Gasteiger partial charge in [0.15, 0.2) is 5.11 Å². The van der Waals surface area contributed by atoms with Gasteiger partial charge in [-0.15, -0.1) is 0 Å². The van der Waals surface area contributed by atoms with E-state index in [0.717, 1.165) is 62.5 Å². The Morgan fingerprint density at radius 3 is 2.54 bits per heavy atom. The molecule has 3 rings (SSSR count). The summed E-state index contributed by atoms with van der Waals surface area (Å²) in [6.07, 6.45) is 0. The summed E-state index contributed by atoms with van der Waals surface area (Å²) in [5.74, 6) is 0.865. The fourth-order valence-corrected chi connectivity index (χ4v) is 3.46. The molecule has 0 unspecified atom stereocenters. The molecule has 0 radical (unpaired) electrons. The van der Waals surface area contributed by atoms with Gasteiger partial charge in [-0.2, -0.15) is 0 Å². The van der Waals surface area contributed by atoms with Crippen molar-refractivity contribution in [1.29, 1.82) is 0 Å². The molecule has 2 aromatic carbocycles. The van der Waals surface area contributed by atoms with Gasteiger partial charge in [-0.25, -0.2) is 0 Å². The van der Waals surface area contributed by atoms with Gasteiger partial charge < -0.3 is 19.7 Å². The highest BCUT2D eigenvalue weighted by Gasteiger charge is 2.15. The summed E-state index contributed by atoms with van der Waals surface area (Å²) in [6.45, 7) is 8.26. The van der Waals surface area contributed by atoms with Crippen LogP contribution < -0.4 is 10.1 Å². The Kier molecular flexibility index (Phi) is 7.65. The highest BCUT2D eigenvalue weighted by Crippen LogP contribution is 2.17. The standard InChI is InChI=1S/C22H29N3O2S/c1-18-5-3-4-6-21(18)23-22(28)25(12-11-24-13-15-27-16-14-24)17-19-7-9-20(26-2)10-8-19/h3-10H,11-17H2,1-2H3,(H,23,28). The topological polar surface area (TPSA) is 37.0 Å². The first-order valence-corrected chi connectivity index (χ1v) is 10.1. The van der Waals surface area contributed by atoms with E-state index in [1.165, 1.54) is 11.1 Å². The Morgan fingerprint density at radius 1 is 1.14 bits per heavy atom. The number of nitrogens with zero attached hydrogens (tertiary/aromatic N) is 2. The lowest BCUT2D eigenvalue weighted by atomic mass is 10.2. The van der Waals surface area contributed by atoms with E-state index in [2.05, 4.69) is 46.3 Å². The zero-order valence-electron chi connectivity index (χ0n) is 16.7. The monoisotopic (exact) mass is 399 g/mol. The average molecular weight is 400 g/mol. The van der Waals surface area contributed by atoms with Crippen LogP contribution in [0.3, 0.4) is 0 Å². The quantitative estimate of drug-likeness (QED) is 0.718. The number of aryl methyl sites for hydroxylation is 1. The van der Waals surface area contributed by atoms with Gasteiger partial charge in [-0.05, 0) is 48.5 Å². The molecule has 0 atom stereocenters. The fourth-order valence-electron chi connectivity index (χ4n) is 3.20. The van der Waals surface area contributed by atoms with Crippen LogP contribution >= 0.6 is 12.2 Å². The largest absolute Gasteiger partial charge is 0.497 e. The summed E-state index contributed by atoms with van der Waals surface area (Å²) in [4.78, 5) is 4.67. The number of nitrogens with one attached hydrogen (secondary N) is 1. The van der Waals surface area contributed by atoms with Crippen LogP contribution in [0.1, 0.15) is 11.1 Å². The first kappa shape index (κ1) is 20.6. The van der Waals surface area contributed by atoms with E-state index in [1.807, 2.05) is 24.3 Å². The van der Waals surface area contributed by atoms with Crippen LogP contribution in [0.4, 0.5) is 5.69 Å². The predicted octanol–water partition coefficient (Wildman–Crippen LogP) is 3.53. The van der Waals surface area contributed by atoms with Crippen molar-refractivity contribution in [3.63, 3.8) is 0 Å². The number of hydrogen-bond donors (Lipinski definition) is 1. The van der Waals surface area contributed by atoms with Crippen LogP contribution in [0.25, 0.3) is 0 Å². The first-order chi connectivity index (χ1) is 13.7. The van der Waals surface area contributed by atoms with E-state index < -0.39 is 0 Å². The molecule has 0 aromatic heterocycles. The number of thiocarbonyl (C=S) groups is 1. The van der Waals surface area contributed by atoms with Gasteiger partial charge in [0.25, 0.3) is 0 Å². The molecule has 1 heterocycles. The Labute approximate surface area is 173 Å². The number of para-hydroxylation sites is 1. The Hall–Kier alpha value is -2.15. The summed E-state index contributed by atoms with van der Waals surface area (Å²) in [6, 6.07) is 16.4. The second-order valence-electron chi connectivity index (χ2n) is 6.97. The van der Waals surface area contributed by atoms with Crippen LogP contribution in [0.2, 0.25) is 0 Å². The number of anilines is 1. The van der Waals surface area contributed by atoms with Gasteiger partial charge in [0.1, 0.15) is 5.75 Å². The van der Waals surface area contributed by atoms with Crippen molar-refractivity contribution < 1.29 is 9.47 Å². The first-order valence-electron chi connectivity index (χ1n) is 9.70. The van der Waals surface area contributed by atoms with Crippen LogP contribution in [-0.2, 0) is 11.3 Å². The van der Waals surface area contributed by atoms with Crippen molar-refractivity contribution in [2.24, 2.45) is 0 Å². The number of methoxy groups -OCH3 is 1. The average Bonchev–Trinajstić information content (AvgIpc) is 2.74. The maximum Gasteiger partial charge on any atom is 0.173 e. The molecule has 5 nitrogen and oxygen atoms in total. The highest BCUT2D eigenvalue weighted by atomic mass is 32.1. The molecular formula is C22H29N3O2S. The summed E-state index contributed by atoms with van der Waals surface area (Å²) < 4.78 is 10.7. The maximum atomic E-state index is 5.78. The van der Waals surface area contributed by atoms with Gasteiger partial charge >= 0.3 is 0 Å². The van der Waals surface area contributed by atoms with Gasteiger partial charge in [0.2, 0.25) is 0 Å². The minimum Gasteiger partial charge on any atom is -0.497 e. The van der Waals surface area contributed by atoms with Gasteiger partial charge in [0.05, 0.1) is 20.3 Å². The summed E-state index contributed by atoms with van der Waals surface area (Å²) >= 11 is 5.78. The SMILES string of the molecule is COc1ccc(CN(CCN2CCOCC2)C(=S)Nc2ccccc2C)cc1. The fraction of sp³-hybridized carbons (Fsp3) is 0.409. The zero-order valence-corrected chi connectivity index (χ0v) is 17.5. The van der Waals surface area contributed by atoms with E-state index >= 15 is 0 Å². The van der Waals surface area contributed by atoms with Crippen molar-refractivity contribution in [3.8, 4) is 5.75 Å². The number of rotatable bonds is 7. The van der Waals surface area contributed by atoms with Gasteiger partial charge in [0, 0.05) is 38.4 Å². The molecule has 1 N–H and O–H groups in total. The molecule has 150 valence electrons. The Balaban J connectivity index is 1.68. The summed E-state index contributed by atoms with van der Waals surface area (Å²) in [5, 5.41) is 4.18. The lowest BCUT2D eigenvalue weighted by Crippen LogP contribution is -2.44. The second-order valence-corrected chi connectivity index (χ2v) is 7.36. The van der Waals surface area contributed by atoms with Crippen molar-refractivity contribution >= 4 is 23.0 Å². The Bertz CT molecular complexity index is 761. The van der Waals surface area contributed by atoms with E-state index in [9.17, 15) is 0 Å². The smallest absolute Gasteiger partial charge is 0.173 e. The van der Waals surface area contributed by atoms with Crippen molar-refractivity contribution in [2.75, 3.05) is 51.8 Å². The molecular weight excluding hydrogens is 370 g/mol.